The third kappa shape index (κ3) is 3.95. The van der Waals surface area contributed by atoms with Crippen LogP contribution in [0.15, 0.2) is 16.2 Å². The first-order valence-corrected chi connectivity index (χ1v) is 11.6. The van der Waals surface area contributed by atoms with Crippen molar-refractivity contribution >= 4 is 33.2 Å². The van der Waals surface area contributed by atoms with Crippen molar-refractivity contribution in [3.63, 3.8) is 0 Å². The molecule has 1 N–H and O–H groups in total. The molecule has 156 valence electrons. The van der Waals surface area contributed by atoms with E-state index in [-0.39, 0.29) is 11.5 Å². The summed E-state index contributed by atoms with van der Waals surface area (Å²) in [5, 5.41) is 13.8. The number of amides is 1. The molecule has 0 aliphatic heterocycles. The minimum absolute atomic E-state index is 0.00396. The summed E-state index contributed by atoms with van der Waals surface area (Å²) in [7, 11) is 0. The Kier molecular flexibility index (Phi) is 5.99. The molecule has 2 unspecified atom stereocenters. The second-order valence-electron chi connectivity index (χ2n) is 8.13. The molecule has 4 rings (SSSR count). The van der Waals surface area contributed by atoms with Gasteiger partial charge in [-0.1, -0.05) is 26.7 Å². The van der Waals surface area contributed by atoms with E-state index in [2.05, 4.69) is 22.4 Å². The summed E-state index contributed by atoms with van der Waals surface area (Å²) in [6, 6.07) is 2.27. The molecule has 2 atom stereocenters. The number of hydrogen-bond acceptors (Lipinski definition) is 5. The number of nitrogens with one attached hydrogen (secondary N) is 1. The minimum atomic E-state index is 0.00396. The highest BCUT2D eigenvalue weighted by Gasteiger charge is 2.23. The van der Waals surface area contributed by atoms with Crippen molar-refractivity contribution in [2.24, 2.45) is 5.92 Å². The van der Waals surface area contributed by atoms with Gasteiger partial charge in [0.25, 0.3) is 5.56 Å². The van der Waals surface area contributed by atoms with E-state index in [4.69, 9.17) is 0 Å². The Morgan fingerprint density at radius 1 is 1.31 bits per heavy atom. The third-order valence-corrected chi connectivity index (χ3v) is 6.88. The predicted octanol–water partition coefficient (Wildman–Crippen LogP) is 3.53. The molecule has 0 saturated heterocycles. The van der Waals surface area contributed by atoms with Gasteiger partial charge in [0.15, 0.2) is 0 Å². The number of rotatable bonds is 7. The minimum Gasteiger partial charge on any atom is -0.353 e. The van der Waals surface area contributed by atoms with Gasteiger partial charge >= 0.3 is 0 Å². The van der Waals surface area contributed by atoms with E-state index in [1.54, 1.807) is 4.57 Å². The van der Waals surface area contributed by atoms with E-state index in [1.165, 1.54) is 30.6 Å². The summed E-state index contributed by atoms with van der Waals surface area (Å²) >= 11 is 1.46. The van der Waals surface area contributed by atoms with Crippen molar-refractivity contribution in [1.29, 1.82) is 0 Å². The lowest BCUT2D eigenvalue weighted by molar-refractivity contribution is -0.122. The van der Waals surface area contributed by atoms with Crippen LogP contribution in [0.3, 0.4) is 0 Å². The van der Waals surface area contributed by atoms with Crippen LogP contribution in [0.1, 0.15) is 64.6 Å². The van der Waals surface area contributed by atoms with Gasteiger partial charge in [-0.2, -0.15) is 0 Å². The average molecular weight is 416 g/mol. The van der Waals surface area contributed by atoms with Gasteiger partial charge in [0.05, 0.1) is 5.52 Å². The molecule has 1 aliphatic carbocycles. The zero-order valence-corrected chi connectivity index (χ0v) is 18.0. The molecule has 29 heavy (non-hydrogen) atoms. The number of nitrogens with zero attached hydrogens (tertiary/aromatic N) is 4. The van der Waals surface area contributed by atoms with Crippen LogP contribution < -0.4 is 10.9 Å². The maximum atomic E-state index is 12.8. The molecule has 1 saturated carbocycles. The van der Waals surface area contributed by atoms with Crippen LogP contribution in [0.2, 0.25) is 0 Å². The van der Waals surface area contributed by atoms with E-state index >= 15 is 0 Å². The van der Waals surface area contributed by atoms with Gasteiger partial charge < -0.3 is 5.32 Å². The van der Waals surface area contributed by atoms with Crippen LogP contribution >= 0.6 is 11.3 Å². The zero-order valence-electron chi connectivity index (χ0n) is 17.2. The largest absolute Gasteiger partial charge is 0.353 e. The Labute approximate surface area is 174 Å². The van der Waals surface area contributed by atoms with Gasteiger partial charge in [-0.3, -0.25) is 18.6 Å². The number of aryl methyl sites for hydroxylation is 2. The second kappa shape index (κ2) is 8.65. The van der Waals surface area contributed by atoms with E-state index in [0.717, 1.165) is 28.9 Å². The molecule has 3 aromatic heterocycles. The predicted molar refractivity (Wildman–Crippen MR) is 115 cm³/mol. The van der Waals surface area contributed by atoms with Crippen molar-refractivity contribution in [2.75, 3.05) is 0 Å². The van der Waals surface area contributed by atoms with Gasteiger partial charge in [-0.25, -0.2) is 0 Å². The number of aromatic nitrogens is 4. The number of thiophene rings is 1. The molecule has 0 spiro atoms. The molecular formula is C21H29N5O2S. The standard InChI is InChI=1S/C21H29N5O2S/c1-3-12-25-20(28)19-16(11-13-29-19)26-17(23-24-21(25)26)9-6-10-18(27)22-15-8-5-4-7-14(15)2/h11,13-15H,3-10,12H2,1-2H3,(H,22,27). The Hall–Kier alpha value is -2.22. The second-order valence-corrected chi connectivity index (χ2v) is 9.05. The van der Waals surface area contributed by atoms with Crippen LogP contribution in [-0.4, -0.2) is 31.1 Å². The molecule has 8 heteroatoms. The molecule has 7 nitrogen and oxygen atoms in total. The SMILES string of the molecule is CCCn1c(=O)c2sccc2n2c(CCCC(=O)NC3CCCCC3C)nnc12. The molecule has 1 fully saturated rings. The van der Waals surface area contributed by atoms with Crippen molar-refractivity contribution < 1.29 is 4.79 Å². The lowest BCUT2D eigenvalue weighted by Gasteiger charge is -2.29. The molecule has 3 aromatic rings. The van der Waals surface area contributed by atoms with Gasteiger partial charge in [-0.05, 0) is 43.0 Å². The number of carbonyl (C=O) groups excluding carboxylic acids is 1. The quantitative estimate of drug-likeness (QED) is 0.640. The summed E-state index contributed by atoms with van der Waals surface area (Å²) in [4.78, 5) is 25.2. The van der Waals surface area contributed by atoms with Crippen molar-refractivity contribution in [3.05, 3.63) is 27.6 Å². The third-order valence-electron chi connectivity index (χ3n) is 5.99. The molecule has 3 heterocycles. The lowest BCUT2D eigenvalue weighted by atomic mass is 9.86. The van der Waals surface area contributed by atoms with Crippen LogP contribution in [0.5, 0.6) is 0 Å². The molecule has 0 aromatic carbocycles. The summed E-state index contributed by atoms with van der Waals surface area (Å²) in [5.41, 5.74) is 0.868. The smallest absolute Gasteiger partial charge is 0.272 e. The van der Waals surface area contributed by atoms with Gasteiger partial charge in [0.1, 0.15) is 10.5 Å². The van der Waals surface area contributed by atoms with Gasteiger partial charge in [-0.15, -0.1) is 21.5 Å². The summed E-state index contributed by atoms with van der Waals surface area (Å²) in [5.74, 6) is 2.10. The number of carbonyl (C=O) groups is 1. The Balaban J connectivity index is 1.49. The monoisotopic (exact) mass is 415 g/mol. The van der Waals surface area contributed by atoms with Crippen molar-refractivity contribution in [1.82, 2.24) is 24.5 Å². The number of hydrogen-bond donors (Lipinski definition) is 1. The average Bonchev–Trinajstić information content (AvgIpc) is 3.34. The van der Waals surface area contributed by atoms with Crippen LogP contribution in [-0.2, 0) is 17.8 Å². The maximum Gasteiger partial charge on any atom is 0.272 e. The van der Waals surface area contributed by atoms with E-state index < -0.39 is 0 Å². The van der Waals surface area contributed by atoms with E-state index in [9.17, 15) is 9.59 Å². The highest BCUT2D eigenvalue weighted by molar-refractivity contribution is 7.17. The molecule has 0 bridgehead atoms. The fraction of sp³-hybridized carbons (Fsp3) is 0.619. The highest BCUT2D eigenvalue weighted by atomic mass is 32.1. The Morgan fingerprint density at radius 3 is 2.93 bits per heavy atom. The highest BCUT2D eigenvalue weighted by Crippen LogP contribution is 2.24. The summed E-state index contributed by atoms with van der Waals surface area (Å²) in [6.45, 7) is 4.90. The van der Waals surface area contributed by atoms with Crippen molar-refractivity contribution in [2.45, 2.75) is 77.8 Å². The van der Waals surface area contributed by atoms with Crippen molar-refractivity contribution in [3.8, 4) is 0 Å². The summed E-state index contributed by atoms with van der Waals surface area (Å²) in [6.07, 6.45) is 7.48. The fourth-order valence-electron chi connectivity index (χ4n) is 4.38. The van der Waals surface area contributed by atoms with Gasteiger partial charge in [0.2, 0.25) is 11.7 Å². The van der Waals surface area contributed by atoms with E-state index in [0.29, 0.717) is 43.5 Å². The molecule has 1 aliphatic rings. The van der Waals surface area contributed by atoms with Crippen LogP contribution in [0, 0.1) is 5.92 Å². The first-order valence-electron chi connectivity index (χ1n) is 10.7. The summed E-state index contributed by atoms with van der Waals surface area (Å²) < 4.78 is 4.44. The van der Waals surface area contributed by atoms with E-state index in [1.807, 2.05) is 22.8 Å². The Bertz CT molecular complexity index is 1070. The molecule has 1 amide bonds. The Morgan fingerprint density at radius 2 is 2.14 bits per heavy atom. The van der Waals surface area contributed by atoms with Crippen LogP contribution in [0.25, 0.3) is 16.0 Å². The van der Waals surface area contributed by atoms with Crippen LogP contribution in [0.4, 0.5) is 0 Å². The number of fused-ring (bicyclic) bond motifs is 3. The first-order chi connectivity index (χ1) is 14.1. The molecular weight excluding hydrogens is 386 g/mol. The fourth-order valence-corrected chi connectivity index (χ4v) is 5.21. The maximum absolute atomic E-state index is 12.8. The lowest BCUT2D eigenvalue weighted by Crippen LogP contribution is -2.40. The normalized spacial score (nSPS) is 19.8. The topological polar surface area (TPSA) is 81.3 Å². The first kappa shape index (κ1) is 20.1. The molecule has 0 radical (unpaired) electrons. The zero-order chi connectivity index (χ0) is 20.4. The van der Waals surface area contributed by atoms with Gasteiger partial charge in [0, 0.05) is 25.4 Å².